The topological polar surface area (TPSA) is 83.6 Å². The summed E-state index contributed by atoms with van der Waals surface area (Å²) in [6.45, 7) is 3.94. The summed E-state index contributed by atoms with van der Waals surface area (Å²) in [4.78, 5) is 25.6. The average molecular weight is 351 g/mol. The third-order valence-electron chi connectivity index (χ3n) is 3.03. The lowest BCUT2D eigenvalue weighted by Crippen LogP contribution is -2.47. The van der Waals surface area contributed by atoms with Gasteiger partial charge in [0.2, 0.25) is 5.91 Å². The van der Waals surface area contributed by atoms with Gasteiger partial charge in [0, 0.05) is 16.7 Å². The average Bonchev–Trinajstić information content (AvgIpc) is 2.80. The number of carbonyl (C=O) groups excluding carboxylic acids is 1. The highest BCUT2D eigenvalue weighted by molar-refractivity contribution is 8.01. The van der Waals surface area contributed by atoms with Gasteiger partial charge in [0.1, 0.15) is 6.04 Å². The fourth-order valence-electron chi connectivity index (χ4n) is 1.50. The Morgan fingerprint density at radius 2 is 2.14 bits per heavy atom. The van der Waals surface area contributed by atoms with Crippen molar-refractivity contribution in [1.82, 2.24) is 4.90 Å². The van der Waals surface area contributed by atoms with Gasteiger partial charge in [-0.1, -0.05) is 11.6 Å². The van der Waals surface area contributed by atoms with Gasteiger partial charge < -0.3 is 15.7 Å². The molecule has 1 aromatic rings. The van der Waals surface area contributed by atoms with Gasteiger partial charge in [0.25, 0.3) is 0 Å². The third-order valence-corrected chi connectivity index (χ3v) is 5.64. The first-order valence-corrected chi connectivity index (χ1v) is 8.42. The van der Waals surface area contributed by atoms with Crippen molar-refractivity contribution >= 4 is 46.6 Å². The standard InChI is InChI=1S/C13H19ClN2O3S2/c1-13(2,11(15)12(18)19)20-7-10(17)16(3)6-8-4-5-9(14)21-8/h4-5,11H,6-7,15H2,1-3H3,(H,18,19)/t11-/m0/s1. The summed E-state index contributed by atoms with van der Waals surface area (Å²) in [5.41, 5.74) is 5.62. The summed E-state index contributed by atoms with van der Waals surface area (Å²) in [6.07, 6.45) is 0. The normalized spacial score (nSPS) is 13.0. The number of carbonyl (C=O) groups is 2. The number of carboxylic acids is 1. The maximum absolute atomic E-state index is 12.1. The van der Waals surface area contributed by atoms with Gasteiger partial charge in [-0.25, -0.2) is 0 Å². The monoisotopic (exact) mass is 350 g/mol. The number of hydrogen-bond acceptors (Lipinski definition) is 5. The molecular weight excluding hydrogens is 332 g/mol. The first kappa shape index (κ1) is 18.3. The summed E-state index contributed by atoms with van der Waals surface area (Å²) in [6, 6.07) is 2.66. The number of carboxylic acid groups (broad SMARTS) is 1. The number of rotatable bonds is 7. The Balaban J connectivity index is 2.51. The number of thioether (sulfide) groups is 1. The Morgan fingerprint density at radius 3 is 2.62 bits per heavy atom. The molecule has 0 fully saturated rings. The number of halogens is 1. The Kier molecular flexibility index (Phi) is 6.52. The number of thiophene rings is 1. The van der Waals surface area contributed by atoms with Crippen molar-refractivity contribution < 1.29 is 14.7 Å². The Labute approximate surface area is 137 Å². The Hall–Kier alpha value is -0.760. The number of aliphatic carboxylic acids is 1. The quantitative estimate of drug-likeness (QED) is 0.788. The summed E-state index contributed by atoms with van der Waals surface area (Å²) >= 11 is 8.53. The lowest BCUT2D eigenvalue weighted by atomic mass is 10.1. The first-order valence-electron chi connectivity index (χ1n) is 6.24. The molecule has 0 unspecified atom stereocenters. The van der Waals surface area contributed by atoms with Crippen LogP contribution in [0.3, 0.4) is 0 Å². The lowest BCUT2D eigenvalue weighted by Gasteiger charge is -2.28. The maximum Gasteiger partial charge on any atom is 0.321 e. The van der Waals surface area contributed by atoms with Crippen LogP contribution in [0.2, 0.25) is 4.34 Å². The van der Waals surface area contributed by atoms with E-state index in [1.165, 1.54) is 23.1 Å². The summed E-state index contributed by atoms with van der Waals surface area (Å²) in [7, 11) is 1.71. The van der Waals surface area contributed by atoms with Crippen LogP contribution in [0.15, 0.2) is 12.1 Å². The van der Waals surface area contributed by atoms with Crippen LogP contribution in [-0.2, 0) is 16.1 Å². The minimum Gasteiger partial charge on any atom is -0.480 e. The predicted octanol–water partition coefficient (Wildman–Crippen LogP) is 2.28. The zero-order chi connectivity index (χ0) is 16.2. The fraction of sp³-hybridized carbons (Fsp3) is 0.538. The molecule has 1 rings (SSSR count). The molecule has 1 amide bonds. The van der Waals surface area contributed by atoms with Crippen molar-refractivity contribution in [2.45, 2.75) is 31.2 Å². The van der Waals surface area contributed by atoms with Crippen molar-refractivity contribution in [1.29, 1.82) is 0 Å². The van der Waals surface area contributed by atoms with Crippen LogP contribution >= 0.6 is 34.7 Å². The van der Waals surface area contributed by atoms with E-state index in [1.54, 1.807) is 31.9 Å². The van der Waals surface area contributed by atoms with Crippen molar-refractivity contribution in [3.8, 4) is 0 Å². The number of nitrogens with two attached hydrogens (primary N) is 1. The molecule has 0 aromatic carbocycles. The molecule has 21 heavy (non-hydrogen) atoms. The van der Waals surface area contributed by atoms with E-state index in [0.29, 0.717) is 10.9 Å². The molecule has 1 aromatic heterocycles. The fourth-order valence-corrected chi connectivity index (χ4v) is 3.64. The zero-order valence-electron chi connectivity index (χ0n) is 12.1. The minimum absolute atomic E-state index is 0.0739. The molecule has 0 saturated heterocycles. The molecule has 5 nitrogen and oxygen atoms in total. The highest BCUT2D eigenvalue weighted by atomic mass is 35.5. The molecule has 0 radical (unpaired) electrons. The van der Waals surface area contributed by atoms with E-state index in [4.69, 9.17) is 22.4 Å². The second-order valence-corrected chi connectivity index (χ2v) is 8.59. The highest BCUT2D eigenvalue weighted by Crippen LogP contribution is 2.28. The van der Waals surface area contributed by atoms with E-state index in [-0.39, 0.29) is 11.7 Å². The van der Waals surface area contributed by atoms with Crippen molar-refractivity contribution in [3.63, 3.8) is 0 Å². The van der Waals surface area contributed by atoms with Crippen LogP contribution in [0.1, 0.15) is 18.7 Å². The molecule has 0 spiro atoms. The molecule has 1 atom stereocenters. The first-order chi connectivity index (χ1) is 9.63. The van der Waals surface area contributed by atoms with E-state index in [9.17, 15) is 9.59 Å². The molecule has 0 aliphatic carbocycles. The maximum atomic E-state index is 12.1. The van der Waals surface area contributed by atoms with Crippen LogP contribution < -0.4 is 5.73 Å². The third kappa shape index (κ3) is 5.50. The van der Waals surface area contributed by atoms with Crippen molar-refractivity contribution in [2.75, 3.05) is 12.8 Å². The van der Waals surface area contributed by atoms with Gasteiger partial charge >= 0.3 is 5.97 Å². The molecule has 118 valence electrons. The second-order valence-electron chi connectivity index (χ2n) is 5.16. The summed E-state index contributed by atoms with van der Waals surface area (Å²) in [5.74, 6) is -0.958. The van der Waals surface area contributed by atoms with E-state index in [0.717, 1.165) is 4.88 Å². The van der Waals surface area contributed by atoms with Gasteiger partial charge in [-0.15, -0.1) is 23.1 Å². The zero-order valence-corrected chi connectivity index (χ0v) is 14.5. The van der Waals surface area contributed by atoms with E-state index >= 15 is 0 Å². The Morgan fingerprint density at radius 1 is 1.52 bits per heavy atom. The SMILES string of the molecule is CN(Cc1ccc(Cl)s1)C(=O)CSC(C)(C)[C@@H](N)C(=O)O. The molecule has 3 N–H and O–H groups in total. The van der Waals surface area contributed by atoms with Gasteiger partial charge in [0.05, 0.1) is 16.6 Å². The lowest BCUT2D eigenvalue weighted by molar-refractivity contribution is -0.139. The van der Waals surface area contributed by atoms with Gasteiger partial charge in [0.15, 0.2) is 0 Å². The second kappa shape index (κ2) is 7.49. The number of nitrogens with zero attached hydrogens (tertiary/aromatic N) is 1. The van der Waals surface area contributed by atoms with Gasteiger partial charge in [-0.05, 0) is 26.0 Å². The van der Waals surface area contributed by atoms with Crippen LogP contribution in [0.4, 0.5) is 0 Å². The molecular formula is C13H19ClN2O3S2. The molecule has 0 aliphatic rings. The molecule has 0 saturated carbocycles. The van der Waals surface area contributed by atoms with E-state index < -0.39 is 16.8 Å². The van der Waals surface area contributed by atoms with Gasteiger partial charge in [-0.2, -0.15) is 0 Å². The molecule has 0 bridgehead atoms. The molecule has 0 aliphatic heterocycles. The predicted molar refractivity (Wildman–Crippen MR) is 88.0 cm³/mol. The smallest absolute Gasteiger partial charge is 0.321 e. The largest absolute Gasteiger partial charge is 0.480 e. The Bertz CT molecular complexity index is 519. The van der Waals surface area contributed by atoms with Crippen molar-refractivity contribution in [2.24, 2.45) is 5.73 Å². The number of amides is 1. The van der Waals surface area contributed by atoms with Crippen molar-refractivity contribution in [3.05, 3.63) is 21.3 Å². The molecule has 8 heteroatoms. The summed E-state index contributed by atoms with van der Waals surface area (Å²) < 4.78 is -0.0250. The highest BCUT2D eigenvalue weighted by Gasteiger charge is 2.33. The number of hydrogen-bond donors (Lipinski definition) is 2. The van der Waals surface area contributed by atoms with Crippen LogP contribution in [-0.4, -0.2) is 45.5 Å². The van der Waals surface area contributed by atoms with Crippen LogP contribution in [0.5, 0.6) is 0 Å². The van der Waals surface area contributed by atoms with Crippen LogP contribution in [0.25, 0.3) is 0 Å². The minimum atomic E-state index is -1.07. The summed E-state index contributed by atoms with van der Waals surface area (Å²) in [5, 5.41) is 8.94. The van der Waals surface area contributed by atoms with E-state index in [2.05, 4.69) is 0 Å². The van der Waals surface area contributed by atoms with Crippen LogP contribution in [0, 0.1) is 0 Å². The molecule has 1 heterocycles. The van der Waals surface area contributed by atoms with E-state index in [1.807, 2.05) is 6.07 Å². The van der Waals surface area contributed by atoms with Gasteiger partial charge in [-0.3, -0.25) is 9.59 Å².